The minimum atomic E-state index is -0.558. The van der Waals surface area contributed by atoms with Crippen LogP contribution >= 0.6 is 23.2 Å². The van der Waals surface area contributed by atoms with E-state index in [0.29, 0.717) is 0 Å². The van der Waals surface area contributed by atoms with Crippen LogP contribution in [0.3, 0.4) is 0 Å². The van der Waals surface area contributed by atoms with E-state index in [9.17, 15) is 10.1 Å². The summed E-state index contributed by atoms with van der Waals surface area (Å²) in [5, 5.41) is 10.8. The number of methoxy groups -OCH3 is 1. The van der Waals surface area contributed by atoms with Gasteiger partial charge >= 0.3 is 0 Å². The Kier molecular flexibility index (Phi) is 4.21. The van der Waals surface area contributed by atoms with E-state index < -0.39 is 4.92 Å². The van der Waals surface area contributed by atoms with Crippen molar-refractivity contribution in [3.8, 4) is 17.4 Å². The molecule has 0 amide bonds. The third-order valence-electron chi connectivity index (χ3n) is 2.26. The molecule has 2 aromatic rings. The molecule has 9 heteroatoms. The van der Waals surface area contributed by atoms with Crippen molar-refractivity contribution >= 4 is 28.9 Å². The molecule has 1 aromatic heterocycles. The number of nitro groups is 1. The first-order chi connectivity index (χ1) is 9.52. The van der Waals surface area contributed by atoms with E-state index in [1.54, 1.807) is 0 Å². The predicted molar refractivity (Wildman–Crippen MR) is 71.8 cm³/mol. The molecule has 0 saturated heterocycles. The Balaban J connectivity index is 2.36. The molecule has 1 aromatic carbocycles. The average Bonchev–Trinajstić information content (AvgIpc) is 2.41. The number of nitro benzene ring substituents is 1. The number of halogens is 2. The SMILES string of the molecule is COc1c(Cl)ncnc1Oc1ccc([N+](=O)[O-])cc1Cl. The predicted octanol–water partition coefficient (Wildman–Crippen LogP) is 3.49. The average molecular weight is 316 g/mol. The highest BCUT2D eigenvalue weighted by atomic mass is 35.5. The van der Waals surface area contributed by atoms with Crippen LogP contribution in [-0.4, -0.2) is 22.0 Å². The monoisotopic (exact) mass is 315 g/mol. The molecule has 0 N–H and O–H groups in total. The van der Waals surface area contributed by atoms with Crippen LogP contribution < -0.4 is 9.47 Å². The van der Waals surface area contributed by atoms with Gasteiger partial charge in [-0.25, -0.2) is 4.98 Å². The van der Waals surface area contributed by atoms with E-state index in [0.717, 1.165) is 0 Å². The molecule has 0 aliphatic rings. The number of non-ortho nitro benzene ring substituents is 1. The molecule has 0 bridgehead atoms. The van der Waals surface area contributed by atoms with Gasteiger partial charge in [-0.2, -0.15) is 4.98 Å². The molecule has 0 radical (unpaired) electrons. The number of rotatable bonds is 4. The summed E-state index contributed by atoms with van der Waals surface area (Å²) in [6.07, 6.45) is 1.19. The van der Waals surface area contributed by atoms with Crippen LogP contribution in [0, 0.1) is 10.1 Å². The lowest BCUT2D eigenvalue weighted by molar-refractivity contribution is -0.384. The maximum Gasteiger partial charge on any atom is 0.271 e. The molecular weight excluding hydrogens is 309 g/mol. The Hall–Kier alpha value is -2.12. The Morgan fingerprint density at radius 2 is 2.05 bits per heavy atom. The van der Waals surface area contributed by atoms with Crippen molar-refractivity contribution in [1.29, 1.82) is 0 Å². The van der Waals surface area contributed by atoms with Gasteiger partial charge in [0.15, 0.2) is 5.15 Å². The first kappa shape index (κ1) is 14.3. The van der Waals surface area contributed by atoms with Gasteiger partial charge in [0, 0.05) is 12.1 Å². The van der Waals surface area contributed by atoms with E-state index in [1.807, 2.05) is 0 Å². The van der Waals surface area contributed by atoms with E-state index in [-0.39, 0.29) is 33.2 Å². The van der Waals surface area contributed by atoms with Crippen molar-refractivity contribution in [1.82, 2.24) is 9.97 Å². The maximum atomic E-state index is 10.6. The normalized spacial score (nSPS) is 10.2. The molecule has 0 atom stereocenters. The fourth-order valence-corrected chi connectivity index (χ4v) is 1.79. The van der Waals surface area contributed by atoms with E-state index in [2.05, 4.69) is 9.97 Å². The Bertz CT molecular complexity index is 666. The van der Waals surface area contributed by atoms with Crippen LogP contribution in [0.1, 0.15) is 0 Å². The first-order valence-corrected chi connectivity index (χ1v) is 5.94. The second kappa shape index (κ2) is 5.89. The van der Waals surface area contributed by atoms with Crippen LogP contribution in [0.5, 0.6) is 17.4 Å². The molecule has 0 unspecified atom stereocenters. The van der Waals surface area contributed by atoms with Crippen molar-refractivity contribution in [2.75, 3.05) is 7.11 Å². The molecule has 0 fully saturated rings. The summed E-state index contributed by atoms with van der Waals surface area (Å²) in [5.74, 6) is 0.386. The van der Waals surface area contributed by atoms with Crippen molar-refractivity contribution in [2.24, 2.45) is 0 Å². The van der Waals surface area contributed by atoms with Gasteiger partial charge in [-0.3, -0.25) is 10.1 Å². The molecule has 0 aliphatic carbocycles. The van der Waals surface area contributed by atoms with E-state index in [4.69, 9.17) is 32.7 Å². The van der Waals surface area contributed by atoms with Crippen molar-refractivity contribution in [3.63, 3.8) is 0 Å². The van der Waals surface area contributed by atoms with Crippen LogP contribution in [-0.2, 0) is 0 Å². The summed E-state index contributed by atoms with van der Waals surface area (Å²) >= 11 is 11.7. The Morgan fingerprint density at radius 1 is 1.30 bits per heavy atom. The lowest BCUT2D eigenvalue weighted by atomic mass is 10.3. The lowest BCUT2D eigenvalue weighted by Gasteiger charge is -2.10. The summed E-state index contributed by atoms with van der Waals surface area (Å²) in [7, 11) is 1.38. The second-order valence-corrected chi connectivity index (χ2v) is 4.24. The molecular formula is C11H7Cl2N3O4. The highest BCUT2D eigenvalue weighted by Crippen LogP contribution is 2.37. The zero-order valence-electron chi connectivity index (χ0n) is 10.0. The Morgan fingerprint density at radius 3 is 2.65 bits per heavy atom. The van der Waals surface area contributed by atoms with Crippen LogP contribution in [0.25, 0.3) is 0 Å². The number of hydrogen-bond acceptors (Lipinski definition) is 6. The summed E-state index contributed by atoms with van der Waals surface area (Å²) in [5.41, 5.74) is -0.143. The number of aromatic nitrogens is 2. The molecule has 104 valence electrons. The van der Waals surface area contributed by atoms with Gasteiger partial charge in [-0.15, -0.1) is 0 Å². The fraction of sp³-hybridized carbons (Fsp3) is 0.0909. The van der Waals surface area contributed by atoms with Gasteiger partial charge < -0.3 is 9.47 Å². The number of ether oxygens (including phenoxy) is 2. The minimum Gasteiger partial charge on any atom is -0.489 e. The zero-order chi connectivity index (χ0) is 14.7. The largest absolute Gasteiger partial charge is 0.489 e. The standard InChI is InChI=1S/C11H7Cl2N3O4/c1-19-9-10(13)14-5-15-11(9)20-8-3-2-6(16(17)18)4-7(8)12/h2-5H,1H3. The van der Waals surface area contributed by atoms with Crippen LogP contribution in [0.2, 0.25) is 10.2 Å². The summed E-state index contributed by atoms with van der Waals surface area (Å²) < 4.78 is 10.4. The van der Waals surface area contributed by atoms with Crippen molar-refractivity contribution in [2.45, 2.75) is 0 Å². The van der Waals surface area contributed by atoms with Crippen molar-refractivity contribution in [3.05, 3.63) is 44.8 Å². The molecule has 7 nitrogen and oxygen atoms in total. The maximum absolute atomic E-state index is 10.6. The van der Waals surface area contributed by atoms with Gasteiger partial charge in [0.1, 0.15) is 12.1 Å². The summed E-state index contributed by atoms with van der Waals surface area (Å²) in [6.45, 7) is 0. The third-order valence-corrected chi connectivity index (χ3v) is 2.83. The summed E-state index contributed by atoms with van der Waals surface area (Å²) in [4.78, 5) is 17.7. The smallest absolute Gasteiger partial charge is 0.271 e. The second-order valence-electron chi connectivity index (χ2n) is 3.48. The quantitative estimate of drug-likeness (QED) is 0.487. The third kappa shape index (κ3) is 2.89. The molecule has 0 aliphatic heterocycles. The molecule has 2 rings (SSSR count). The fourth-order valence-electron chi connectivity index (χ4n) is 1.37. The van der Waals surface area contributed by atoms with Crippen LogP contribution in [0.4, 0.5) is 5.69 Å². The molecule has 20 heavy (non-hydrogen) atoms. The van der Waals surface area contributed by atoms with E-state index >= 15 is 0 Å². The van der Waals surface area contributed by atoms with E-state index in [1.165, 1.54) is 31.6 Å². The summed E-state index contributed by atoms with van der Waals surface area (Å²) in [6, 6.07) is 3.79. The number of nitrogens with zero attached hydrogens (tertiary/aromatic N) is 3. The number of benzene rings is 1. The van der Waals surface area contributed by atoms with Gasteiger partial charge in [0.25, 0.3) is 11.6 Å². The molecule has 0 spiro atoms. The molecule has 1 heterocycles. The van der Waals surface area contributed by atoms with Gasteiger partial charge in [-0.1, -0.05) is 23.2 Å². The topological polar surface area (TPSA) is 87.4 Å². The minimum absolute atomic E-state index is 0.0586. The first-order valence-electron chi connectivity index (χ1n) is 5.19. The zero-order valence-corrected chi connectivity index (χ0v) is 11.6. The van der Waals surface area contributed by atoms with Gasteiger partial charge in [0.2, 0.25) is 5.75 Å². The Labute approximate surface area is 123 Å². The van der Waals surface area contributed by atoms with Crippen LogP contribution in [0.15, 0.2) is 24.5 Å². The van der Waals surface area contributed by atoms with Gasteiger partial charge in [0.05, 0.1) is 17.1 Å². The van der Waals surface area contributed by atoms with Crippen molar-refractivity contribution < 1.29 is 14.4 Å². The van der Waals surface area contributed by atoms with Gasteiger partial charge in [-0.05, 0) is 6.07 Å². The highest BCUT2D eigenvalue weighted by Gasteiger charge is 2.16. The number of hydrogen-bond donors (Lipinski definition) is 0. The molecule has 0 saturated carbocycles. The highest BCUT2D eigenvalue weighted by molar-refractivity contribution is 6.32. The lowest BCUT2D eigenvalue weighted by Crippen LogP contribution is -1.96.